The molecule has 0 aliphatic carbocycles. The molecule has 0 atom stereocenters. The first-order chi connectivity index (χ1) is 29.7. The van der Waals surface area contributed by atoms with Crippen LogP contribution in [0, 0.1) is 6.92 Å². The third-order valence-corrected chi connectivity index (χ3v) is 10.1. The number of phenols is 2. The van der Waals surface area contributed by atoms with Gasteiger partial charge < -0.3 is 29.2 Å². The van der Waals surface area contributed by atoms with E-state index in [0.29, 0.717) is 63.9 Å². The number of phenolic OH excluding ortho intramolecular Hbond substituents is 2. The van der Waals surface area contributed by atoms with Gasteiger partial charge in [-0.1, -0.05) is 84.1 Å². The molecule has 0 saturated carbocycles. The second-order valence-corrected chi connectivity index (χ2v) is 14.9. The van der Waals surface area contributed by atoms with Crippen molar-refractivity contribution in [1.82, 2.24) is 0 Å². The Morgan fingerprint density at radius 2 is 0.918 bits per heavy atom. The van der Waals surface area contributed by atoms with Gasteiger partial charge in [0.2, 0.25) is 0 Å². The second kappa shape index (κ2) is 24.6. The van der Waals surface area contributed by atoms with Gasteiger partial charge in [0.1, 0.15) is 34.5 Å². The fourth-order valence-corrected chi connectivity index (χ4v) is 6.38. The van der Waals surface area contributed by atoms with Gasteiger partial charge in [0.15, 0.2) is 0 Å². The summed E-state index contributed by atoms with van der Waals surface area (Å²) >= 11 is 0. The molecule has 0 aliphatic heterocycles. The van der Waals surface area contributed by atoms with Crippen molar-refractivity contribution in [2.75, 3.05) is 13.2 Å². The number of benzene rings is 5. The van der Waals surface area contributed by atoms with E-state index in [0.717, 1.165) is 25.7 Å². The van der Waals surface area contributed by atoms with Crippen molar-refractivity contribution in [2.45, 2.75) is 97.8 Å². The molecule has 10 nitrogen and oxygen atoms in total. The summed E-state index contributed by atoms with van der Waals surface area (Å²) < 4.78 is 23.0. The molecule has 0 amide bonds. The van der Waals surface area contributed by atoms with E-state index >= 15 is 0 Å². The van der Waals surface area contributed by atoms with Crippen LogP contribution in [0.5, 0.6) is 34.5 Å². The van der Waals surface area contributed by atoms with E-state index in [4.69, 9.17) is 18.9 Å². The number of hydrogen-bond acceptors (Lipinski definition) is 10. The molecular formula is C51H58N2O8. The van der Waals surface area contributed by atoms with Crippen LogP contribution >= 0.6 is 0 Å². The van der Waals surface area contributed by atoms with Crippen LogP contribution in [-0.2, 0) is 0 Å². The number of rotatable bonds is 24. The summed E-state index contributed by atoms with van der Waals surface area (Å²) in [5.74, 6) is 0.677. The Morgan fingerprint density at radius 1 is 0.525 bits per heavy atom. The number of hydrogen-bond donors (Lipinski definition) is 2. The fourth-order valence-electron chi connectivity index (χ4n) is 6.38. The van der Waals surface area contributed by atoms with Gasteiger partial charge in [0.05, 0.1) is 35.7 Å². The van der Waals surface area contributed by atoms with Crippen LogP contribution in [0.3, 0.4) is 0 Å². The SMILES string of the molecule is CCCCCCCCOc1ccc(C=Nc2ccc(C(=O)Oc3cccc(OC(=O)c4ccc(N=Cc5ccc(OCCCCCCCC)cc5O)cc4)c3C)cc2)c(O)c1. The topological polar surface area (TPSA) is 136 Å². The first-order valence-corrected chi connectivity index (χ1v) is 21.5. The van der Waals surface area contributed by atoms with E-state index in [9.17, 15) is 19.8 Å². The highest BCUT2D eigenvalue weighted by Crippen LogP contribution is 2.30. The molecule has 61 heavy (non-hydrogen) atoms. The summed E-state index contributed by atoms with van der Waals surface area (Å²) in [5.41, 5.74) is 3.32. The summed E-state index contributed by atoms with van der Waals surface area (Å²) in [7, 11) is 0. The van der Waals surface area contributed by atoms with Crippen molar-refractivity contribution in [3.8, 4) is 34.5 Å². The normalized spacial score (nSPS) is 11.3. The van der Waals surface area contributed by atoms with E-state index in [1.807, 2.05) is 12.1 Å². The number of aromatic hydroxyl groups is 2. The number of carbonyl (C=O) groups is 2. The Kier molecular flexibility index (Phi) is 18.4. The molecule has 5 rings (SSSR count). The molecule has 5 aromatic carbocycles. The van der Waals surface area contributed by atoms with Crippen molar-refractivity contribution >= 4 is 35.7 Å². The summed E-state index contributed by atoms with van der Waals surface area (Å²) in [6.07, 6.45) is 17.3. The molecule has 0 radical (unpaired) electrons. The highest BCUT2D eigenvalue weighted by atomic mass is 16.5. The Balaban J connectivity index is 1.08. The minimum absolute atomic E-state index is 0.0659. The largest absolute Gasteiger partial charge is 0.507 e. The number of nitrogens with zero attached hydrogens (tertiary/aromatic N) is 2. The van der Waals surface area contributed by atoms with Crippen molar-refractivity contribution in [1.29, 1.82) is 0 Å². The third-order valence-electron chi connectivity index (χ3n) is 10.1. The average Bonchev–Trinajstić information content (AvgIpc) is 3.27. The number of unbranched alkanes of at least 4 members (excludes halogenated alkanes) is 10. The molecule has 0 fully saturated rings. The predicted octanol–water partition coefficient (Wildman–Crippen LogP) is 12.8. The van der Waals surface area contributed by atoms with E-state index in [1.54, 1.807) is 110 Å². The number of ether oxygens (including phenoxy) is 4. The lowest BCUT2D eigenvalue weighted by atomic mass is 10.1. The maximum atomic E-state index is 13.1. The van der Waals surface area contributed by atoms with Gasteiger partial charge in [-0.25, -0.2) is 9.59 Å². The fraction of sp³-hybridized carbons (Fsp3) is 0.333. The third kappa shape index (κ3) is 15.0. The molecule has 10 heteroatoms. The summed E-state index contributed by atoms with van der Waals surface area (Å²) in [4.78, 5) is 35.1. The van der Waals surface area contributed by atoms with E-state index < -0.39 is 11.9 Å². The van der Waals surface area contributed by atoms with Crippen LogP contribution in [0.25, 0.3) is 0 Å². The quantitative estimate of drug-likeness (QED) is 0.0272. The maximum Gasteiger partial charge on any atom is 0.343 e. The van der Waals surface area contributed by atoms with Gasteiger partial charge in [-0.15, -0.1) is 0 Å². The zero-order valence-corrected chi connectivity index (χ0v) is 35.6. The zero-order valence-electron chi connectivity index (χ0n) is 35.6. The highest BCUT2D eigenvalue weighted by molar-refractivity contribution is 5.93. The van der Waals surface area contributed by atoms with Gasteiger partial charge in [0.25, 0.3) is 0 Å². The van der Waals surface area contributed by atoms with E-state index in [-0.39, 0.29) is 23.0 Å². The van der Waals surface area contributed by atoms with Crippen molar-refractivity contribution in [3.63, 3.8) is 0 Å². The summed E-state index contributed by atoms with van der Waals surface area (Å²) in [6, 6.07) is 28.3. The van der Waals surface area contributed by atoms with Crippen molar-refractivity contribution in [3.05, 3.63) is 131 Å². The minimum Gasteiger partial charge on any atom is -0.507 e. The summed E-state index contributed by atoms with van der Waals surface area (Å²) in [6.45, 7) is 7.34. The van der Waals surface area contributed by atoms with Crippen LogP contribution in [0.15, 0.2) is 113 Å². The van der Waals surface area contributed by atoms with Crippen molar-refractivity contribution < 1.29 is 38.7 Å². The average molecular weight is 827 g/mol. The van der Waals surface area contributed by atoms with Crippen LogP contribution in [0.1, 0.15) is 128 Å². The maximum absolute atomic E-state index is 13.1. The lowest BCUT2D eigenvalue weighted by Crippen LogP contribution is -2.11. The second-order valence-electron chi connectivity index (χ2n) is 14.9. The minimum atomic E-state index is -0.589. The Hall–Kier alpha value is -6.42. The van der Waals surface area contributed by atoms with Gasteiger partial charge in [-0.3, -0.25) is 9.98 Å². The van der Waals surface area contributed by atoms with Crippen LogP contribution < -0.4 is 18.9 Å². The Bertz CT molecular complexity index is 2060. The predicted molar refractivity (Wildman–Crippen MR) is 242 cm³/mol. The van der Waals surface area contributed by atoms with Gasteiger partial charge in [-0.2, -0.15) is 0 Å². The zero-order chi connectivity index (χ0) is 43.2. The first kappa shape index (κ1) is 45.7. The van der Waals surface area contributed by atoms with Gasteiger partial charge in [0, 0.05) is 41.3 Å². The van der Waals surface area contributed by atoms with E-state index in [2.05, 4.69) is 23.8 Å². The van der Waals surface area contributed by atoms with Crippen LogP contribution in [0.2, 0.25) is 0 Å². The standard InChI is InChI=1S/C51H58N2O8/c1-4-6-8-10-12-14-31-58-44-29-23-40(46(54)33-44)35-52-42-25-19-38(20-26-42)50(56)60-48-17-16-18-49(37(48)3)61-51(57)39-21-27-43(28-22-39)53-36-41-24-30-45(34-47(41)55)59-32-15-13-11-9-7-5-2/h16-30,33-36,54-55H,4-15,31-32H2,1-3H3. The monoisotopic (exact) mass is 826 g/mol. The Labute approximate surface area is 359 Å². The molecule has 320 valence electrons. The van der Waals surface area contributed by atoms with Crippen LogP contribution in [0.4, 0.5) is 11.4 Å². The molecule has 0 aliphatic rings. The van der Waals surface area contributed by atoms with Gasteiger partial charge >= 0.3 is 11.9 Å². The lowest BCUT2D eigenvalue weighted by Gasteiger charge is -2.12. The molecule has 0 bridgehead atoms. The van der Waals surface area contributed by atoms with Crippen molar-refractivity contribution in [2.24, 2.45) is 9.98 Å². The van der Waals surface area contributed by atoms with Gasteiger partial charge in [-0.05, 0) is 105 Å². The summed E-state index contributed by atoms with van der Waals surface area (Å²) in [5, 5.41) is 21.0. The number of carbonyl (C=O) groups excluding carboxylic acids is 2. The number of esters is 2. The molecule has 0 unspecified atom stereocenters. The lowest BCUT2D eigenvalue weighted by molar-refractivity contribution is 0.0730. The molecule has 5 aromatic rings. The Morgan fingerprint density at radius 3 is 1.31 bits per heavy atom. The van der Waals surface area contributed by atoms with Crippen LogP contribution in [-0.4, -0.2) is 47.8 Å². The van der Waals surface area contributed by atoms with E-state index in [1.165, 1.54) is 51.4 Å². The molecular weight excluding hydrogens is 769 g/mol. The highest BCUT2D eigenvalue weighted by Gasteiger charge is 2.16. The molecule has 0 aromatic heterocycles. The molecule has 2 N–H and O–H groups in total. The first-order valence-electron chi connectivity index (χ1n) is 21.5. The molecule has 0 saturated heterocycles. The smallest absolute Gasteiger partial charge is 0.343 e. The molecule has 0 heterocycles. The number of aliphatic imine (C=N–C) groups is 2. The molecule has 0 spiro atoms.